The molecule has 3 aromatic carbocycles. The SMILES string of the molecule is O=C(O)c1ccccc1-c1c(O)ccc(O)c1-c1ccccc1C(=O)O. The molecule has 0 atom stereocenters. The summed E-state index contributed by atoms with van der Waals surface area (Å²) in [5.74, 6) is -2.96. The van der Waals surface area contributed by atoms with Crippen molar-refractivity contribution in [3.8, 4) is 33.8 Å². The van der Waals surface area contributed by atoms with Crippen LogP contribution < -0.4 is 0 Å². The fourth-order valence-electron chi connectivity index (χ4n) is 2.90. The molecule has 4 N–H and O–H groups in total. The largest absolute Gasteiger partial charge is 0.507 e. The van der Waals surface area contributed by atoms with Crippen molar-refractivity contribution in [1.29, 1.82) is 0 Å². The van der Waals surface area contributed by atoms with Gasteiger partial charge in [0.05, 0.1) is 11.1 Å². The molecule has 0 aliphatic rings. The molecule has 26 heavy (non-hydrogen) atoms. The van der Waals surface area contributed by atoms with Crippen LogP contribution in [0.25, 0.3) is 22.3 Å². The minimum absolute atomic E-state index is 0.0525. The molecule has 0 heterocycles. The van der Waals surface area contributed by atoms with Crippen LogP contribution in [0.5, 0.6) is 11.5 Å². The van der Waals surface area contributed by atoms with Gasteiger partial charge in [-0.1, -0.05) is 36.4 Å². The Balaban J connectivity index is 2.43. The zero-order valence-electron chi connectivity index (χ0n) is 13.4. The molecule has 0 aromatic heterocycles. The number of carbonyl (C=O) groups is 2. The fourth-order valence-corrected chi connectivity index (χ4v) is 2.90. The summed E-state index contributed by atoms with van der Waals surface area (Å²) < 4.78 is 0. The highest BCUT2D eigenvalue weighted by Crippen LogP contribution is 2.46. The van der Waals surface area contributed by atoms with E-state index in [-0.39, 0.29) is 44.9 Å². The van der Waals surface area contributed by atoms with Crippen LogP contribution in [0, 0.1) is 0 Å². The first kappa shape index (κ1) is 17.0. The second-order valence-electron chi connectivity index (χ2n) is 5.56. The summed E-state index contributed by atoms with van der Waals surface area (Å²) in [5, 5.41) is 39.7. The number of carboxylic acids is 2. The third-order valence-electron chi connectivity index (χ3n) is 4.01. The highest BCUT2D eigenvalue weighted by Gasteiger charge is 2.23. The lowest BCUT2D eigenvalue weighted by Crippen LogP contribution is -2.03. The molecule has 6 heteroatoms. The minimum atomic E-state index is -1.21. The van der Waals surface area contributed by atoms with Gasteiger partial charge in [0.15, 0.2) is 0 Å². The minimum Gasteiger partial charge on any atom is -0.507 e. The molecular formula is C20H14O6. The zero-order valence-corrected chi connectivity index (χ0v) is 13.4. The van der Waals surface area contributed by atoms with Gasteiger partial charge in [-0.25, -0.2) is 9.59 Å². The number of hydrogen-bond donors (Lipinski definition) is 4. The van der Waals surface area contributed by atoms with E-state index in [4.69, 9.17) is 0 Å². The van der Waals surface area contributed by atoms with Crippen LogP contribution in [0.1, 0.15) is 20.7 Å². The molecule has 0 radical (unpaired) electrons. The first-order chi connectivity index (χ1) is 12.4. The molecular weight excluding hydrogens is 336 g/mol. The summed E-state index contributed by atoms with van der Waals surface area (Å²) in [6.45, 7) is 0. The number of phenols is 2. The van der Waals surface area contributed by atoms with E-state index in [1.165, 1.54) is 48.5 Å². The number of hydrogen-bond acceptors (Lipinski definition) is 4. The van der Waals surface area contributed by atoms with Crippen LogP contribution in [0.15, 0.2) is 60.7 Å². The van der Waals surface area contributed by atoms with E-state index < -0.39 is 11.9 Å². The molecule has 0 aliphatic heterocycles. The highest BCUT2D eigenvalue weighted by molar-refractivity contribution is 6.05. The first-order valence-electron chi connectivity index (χ1n) is 7.62. The molecule has 130 valence electrons. The number of benzene rings is 3. The normalized spacial score (nSPS) is 10.5. The summed E-state index contributed by atoms with van der Waals surface area (Å²) in [6.07, 6.45) is 0. The summed E-state index contributed by atoms with van der Waals surface area (Å²) >= 11 is 0. The van der Waals surface area contributed by atoms with Crippen molar-refractivity contribution < 1.29 is 30.0 Å². The van der Waals surface area contributed by atoms with E-state index >= 15 is 0 Å². The van der Waals surface area contributed by atoms with Crippen molar-refractivity contribution in [2.24, 2.45) is 0 Å². The molecule has 0 aliphatic carbocycles. The standard InChI is InChI=1S/C20H14O6/c21-15-9-10-16(22)18(12-6-2-4-8-14(12)20(25)26)17(15)11-5-1-3-7-13(11)19(23)24/h1-10,21-22H,(H,23,24)(H,25,26). The van der Waals surface area contributed by atoms with Gasteiger partial charge in [0.1, 0.15) is 11.5 Å². The van der Waals surface area contributed by atoms with Crippen molar-refractivity contribution >= 4 is 11.9 Å². The van der Waals surface area contributed by atoms with E-state index in [1.807, 2.05) is 0 Å². The number of aromatic carboxylic acids is 2. The van der Waals surface area contributed by atoms with Crippen LogP contribution in [0.3, 0.4) is 0 Å². The Hall–Kier alpha value is -3.80. The lowest BCUT2D eigenvalue weighted by Gasteiger charge is -2.17. The van der Waals surface area contributed by atoms with Gasteiger partial charge in [-0.15, -0.1) is 0 Å². The number of phenolic OH excluding ortho intramolecular Hbond substituents is 2. The van der Waals surface area contributed by atoms with Crippen molar-refractivity contribution in [3.05, 3.63) is 71.8 Å². The molecule has 0 spiro atoms. The van der Waals surface area contributed by atoms with Gasteiger partial charge in [-0.3, -0.25) is 0 Å². The fraction of sp³-hybridized carbons (Fsp3) is 0. The van der Waals surface area contributed by atoms with Gasteiger partial charge in [0.25, 0.3) is 0 Å². The first-order valence-corrected chi connectivity index (χ1v) is 7.62. The Bertz CT molecular complexity index is 940. The maximum Gasteiger partial charge on any atom is 0.336 e. The molecule has 0 fully saturated rings. The lowest BCUT2D eigenvalue weighted by atomic mass is 9.88. The quantitative estimate of drug-likeness (QED) is 0.532. The number of rotatable bonds is 4. The lowest BCUT2D eigenvalue weighted by molar-refractivity contribution is 0.0686. The average molecular weight is 350 g/mol. The van der Waals surface area contributed by atoms with E-state index in [1.54, 1.807) is 12.1 Å². The van der Waals surface area contributed by atoms with Crippen LogP contribution in [0.4, 0.5) is 0 Å². The summed E-state index contributed by atoms with van der Waals surface area (Å²) in [5.41, 5.74) is 0.283. The van der Waals surface area contributed by atoms with Crippen LogP contribution in [-0.4, -0.2) is 32.4 Å². The van der Waals surface area contributed by atoms with E-state index in [0.29, 0.717) is 0 Å². The Morgan fingerprint density at radius 3 is 1.27 bits per heavy atom. The van der Waals surface area contributed by atoms with E-state index in [2.05, 4.69) is 0 Å². The summed E-state index contributed by atoms with van der Waals surface area (Å²) in [6, 6.07) is 14.5. The van der Waals surface area contributed by atoms with Crippen molar-refractivity contribution in [2.45, 2.75) is 0 Å². The topological polar surface area (TPSA) is 115 Å². The molecule has 0 bridgehead atoms. The van der Waals surface area contributed by atoms with E-state index in [0.717, 1.165) is 0 Å². The predicted molar refractivity (Wildman–Crippen MR) is 94.6 cm³/mol. The monoisotopic (exact) mass is 350 g/mol. The number of carboxylic acid groups (broad SMARTS) is 2. The maximum atomic E-state index is 11.6. The Morgan fingerprint density at radius 2 is 0.923 bits per heavy atom. The van der Waals surface area contributed by atoms with Gasteiger partial charge in [0, 0.05) is 22.3 Å². The smallest absolute Gasteiger partial charge is 0.336 e. The molecule has 0 amide bonds. The second kappa shape index (κ2) is 6.60. The van der Waals surface area contributed by atoms with Gasteiger partial charge in [-0.05, 0) is 24.3 Å². The van der Waals surface area contributed by atoms with Gasteiger partial charge in [0.2, 0.25) is 0 Å². The second-order valence-corrected chi connectivity index (χ2v) is 5.56. The van der Waals surface area contributed by atoms with Crippen molar-refractivity contribution in [2.75, 3.05) is 0 Å². The molecule has 6 nitrogen and oxygen atoms in total. The summed E-state index contributed by atoms with van der Waals surface area (Å²) in [4.78, 5) is 23.2. The van der Waals surface area contributed by atoms with Gasteiger partial charge in [-0.2, -0.15) is 0 Å². The molecule has 3 aromatic rings. The van der Waals surface area contributed by atoms with Gasteiger partial charge < -0.3 is 20.4 Å². The highest BCUT2D eigenvalue weighted by atomic mass is 16.4. The molecule has 0 unspecified atom stereocenters. The third-order valence-corrected chi connectivity index (χ3v) is 4.01. The Morgan fingerprint density at radius 1 is 0.577 bits per heavy atom. The zero-order chi connectivity index (χ0) is 18.8. The summed E-state index contributed by atoms with van der Waals surface area (Å²) in [7, 11) is 0. The number of aromatic hydroxyl groups is 2. The third kappa shape index (κ3) is 2.84. The van der Waals surface area contributed by atoms with Crippen molar-refractivity contribution in [1.82, 2.24) is 0 Å². The maximum absolute atomic E-state index is 11.6. The molecule has 3 rings (SSSR count). The van der Waals surface area contributed by atoms with Gasteiger partial charge >= 0.3 is 11.9 Å². The molecule has 0 saturated heterocycles. The van der Waals surface area contributed by atoms with Crippen molar-refractivity contribution in [3.63, 3.8) is 0 Å². The molecule has 0 saturated carbocycles. The Labute approximate surface area is 148 Å². The van der Waals surface area contributed by atoms with E-state index in [9.17, 15) is 30.0 Å². The van der Waals surface area contributed by atoms with Crippen LogP contribution in [0.2, 0.25) is 0 Å². The predicted octanol–water partition coefficient (Wildman–Crippen LogP) is 3.83. The Kier molecular flexibility index (Phi) is 4.33. The average Bonchev–Trinajstić information content (AvgIpc) is 2.63. The van der Waals surface area contributed by atoms with Crippen LogP contribution in [-0.2, 0) is 0 Å². The van der Waals surface area contributed by atoms with Crippen LogP contribution >= 0.6 is 0 Å².